The molecule has 0 saturated heterocycles. The van der Waals surface area contributed by atoms with E-state index >= 15 is 0 Å². The highest BCUT2D eigenvalue weighted by Crippen LogP contribution is 2.12. The van der Waals surface area contributed by atoms with Crippen molar-refractivity contribution in [1.82, 2.24) is 5.32 Å². The number of benzene rings is 1. The molecule has 0 aliphatic heterocycles. The normalized spacial score (nSPS) is 12.1. The number of halogens is 2. The summed E-state index contributed by atoms with van der Waals surface area (Å²) in [7, 11) is 0. The maximum absolute atomic E-state index is 13.3. The summed E-state index contributed by atoms with van der Waals surface area (Å²) < 4.78 is 26.5. The molecule has 0 heterocycles. The lowest BCUT2D eigenvalue weighted by Crippen LogP contribution is -2.27. The summed E-state index contributed by atoms with van der Waals surface area (Å²) >= 11 is 0. The van der Waals surface area contributed by atoms with Gasteiger partial charge in [-0.2, -0.15) is 0 Å². The van der Waals surface area contributed by atoms with Gasteiger partial charge in [-0.25, -0.2) is 8.78 Å². The molecule has 86 valence electrons. The Bertz CT molecular complexity index is 362. The van der Waals surface area contributed by atoms with Gasteiger partial charge >= 0.3 is 0 Å². The van der Waals surface area contributed by atoms with E-state index in [1.54, 1.807) is 0 Å². The van der Waals surface area contributed by atoms with Gasteiger partial charge in [0.15, 0.2) is 0 Å². The zero-order valence-corrected chi connectivity index (χ0v) is 9.26. The van der Waals surface area contributed by atoms with Gasteiger partial charge in [0.1, 0.15) is 11.6 Å². The van der Waals surface area contributed by atoms with Crippen molar-refractivity contribution in [2.45, 2.75) is 32.4 Å². The molecular formula is C13H15F2N. The molecule has 0 fully saturated rings. The topological polar surface area (TPSA) is 12.0 Å². The van der Waals surface area contributed by atoms with Crippen LogP contribution in [-0.2, 0) is 6.54 Å². The predicted octanol–water partition coefficient (Wildman–Crippen LogP) is 2.86. The number of rotatable bonds is 5. The van der Waals surface area contributed by atoms with E-state index in [0.717, 1.165) is 12.8 Å². The fraction of sp³-hybridized carbons (Fsp3) is 0.385. The Kier molecular flexibility index (Phi) is 4.94. The molecule has 1 nitrogen and oxygen atoms in total. The van der Waals surface area contributed by atoms with Gasteiger partial charge in [0.25, 0.3) is 0 Å². The summed E-state index contributed by atoms with van der Waals surface area (Å²) in [5.41, 5.74) is 0.0406. The number of hydrogen-bond acceptors (Lipinski definition) is 1. The van der Waals surface area contributed by atoms with Gasteiger partial charge in [-0.15, -0.1) is 6.42 Å². The average molecular weight is 223 g/mol. The van der Waals surface area contributed by atoms with Crippen LogP contribution < -0.4 is 5.32 Å². The fourth-order valence-electron chi connectivity index (χ4n) is 1.46. The zero-order valence-electron chi connectivity index (χ0n) is 9.26. The van der Waals surface area contributed by atoms with E-state index in [9.17, 15) is 8.78 Å². The lowest BCUT2D eigenvalue weighted by molar-refractivity contribution is 0.508. The highest BCUT2D eigenvalue weighted by molar-refractivity contribution is 5.19. The SMILES string of the molecule is C#CC(CCC)NCc1c(F)cccc1F. The number of nitrogens with one attached hydrogen (secondary N) is 1. The van der Waals surface area contributed by atoms with E-state index in [0.29, 0.717) is 0 Å². The van der Waals surface area contributed by atoms with Crippen molar-refractivity contribution in [1.29, 1.82) is 0 Å². The van der Waals surface area contributed by atoms with Crippen LogP contribution >= 0.6 is 0 Å². The first-order valence-corrected chi connectivity index (χ1v) is 5.31. The second kappa shape index (κ2) is 6.24. The van der Waals surface area contributed by atoms with E-state index in [-0.39, 0.29) is 18.2 Å². The van der Waals surface area contributed by atoms with Crippen molar-refractivity contribution < 1.29 is 8.78 Å². The predicted molar refractivity (Wildman–Crippen MR) is 60.7 cm³/mol. The molecule has 1 atom stereocenters. The van der Waals surface area contributed by atoms with Crippen LogP contribution in [0.5, 0.6) is 0 Å². The Labute approximate surface area is 94.9 Å². The van der Waals surface area contributed by atoms with Gasteiger partial charge in [-0.05, 0) is 18.6 Å². The summed E-state index contributed by atoms with van der Waals surface area (Å²) in [6, 6.07) is 3.69. The first-order valence-electron chi connectivity index (χ1n) is 5.31. The van der Waals surface area contributed by atoms with Crippen LogP contribution in [0.15, 0.2) is 18.2 Å². The summed E-state index contributed by atoms with van der Waals surface area (Å²) in [6.45, 7) is 2.13. The molecule has 0 amide bonds. The summed E-state index contributed by atoms with van der Waals surface area (Å²) in [5, 5.41) is 2.95. The van der Waals surface area contributed by atoms with E-state index in [2.05, 4.69) is 11.2 Å². The molecule has 0 radical (unpaired) electrons. The minimum atomic E-state index is -0.542. The third-order valence-electron chi connectivity index (χ3n) is 2.37. The Morgan fingerprint density at radius 2 is 2.00 bits per heavy atom. The van der Waals surface area contributed by atoms with Crippen LogP contribution in [0.25, 0.3) is 0 Å². The summed E-state index contributed by atoms with van der Waals surface area (Å²) in [6.07, 6.45) is 7.03. The quantitative estimate of drug-likeness (QED) is 0.757. The second-order valence-electron chi connectivity index (χ2n) is 3.59. The molecule has 3 heteroatoms. The molecule has 1 aromatic rings. The Balaban J connectivity index is 2.64. The van der Waals surface area contributed by atoms with E-state index in [1.807, 2.05) is 6.92 Å². The van der Waals surface area contributed by atoms with Crippen molar-refractivity contribution in [2.75, 3.05) is 0 Å². The smallest absolute Gasteiger partial charge is 0.130 e. The maximum atomic E-state index is 13.3. The summed E-state index contributed by atoms with van der Waals surface area (Å²) in [5.74, 6) is 1.47. The van der Waals surface area contributed by atoms with Gasteiger partial charge in [-0.1, -0.05) is 25.3 Å². The van der Waals surface area contributed by atoms with Gasteiger partial charge in [0.2, 0.25) is 0 Å². The first kappa shape index (κ1) is 12.7. The molecule has 0 aliphatic carbocycles. The van der Waals surface area contributed by atoms with Crippen LogP contribution in [-0.4, -0.2) is 6.04 Å². The molecule has 0 saturated carbocycles. The fourth-order valence-corrected chi connectivity index (χ4v) is 1.46. The van der Waals surface area contributed by atoms with Gasteiger partial charge in [-0.3, -0.25) is 5.32 Å². The average Bonchev–Trinajstić information content (AvgIpc) is 2.27. The molecule has 1 rings (SSSR count). The largest absolute Gasteiger partial charge is 0.299 e. The van der Waals surface area contributed by atoms with Gasteiger partial charge in [0, 0.05) is 12.1 Å². The monoisotopic (exact) mass is 223 g/mol. The Morgan fingerprint density at radius 3 is 2.50 bits per heavy atom. The third-order valence-corrected chi connectivity index (χ3v) is 2.37. The van der Waals surface area contributed by atoms with Crippen molar-refractivity contribution >= 4 is 0 Å². The van der Waals surface area contributed by atoms with Crippen molar-refractivity contribution in [2.24, 2.45) is 0 Å². The Hall–Kier alpha value is -1.40. The Morgan fingerprint density at radius 1 is 1.38 bits per heavy atom. The van der Waals surface area contributed by atoms with E-state index in [4.69, 9.17) is 6.42 Å². The molecule has 0 spiro atoms. The lowest BCUT2D eigenvalue weighted by atomic mass is 10.1. The highest BCUT2D eigenvalue weighted by atomic mass is 19.1. The maximum Gasteiger partial charge on any atom is 0.130 e. The van der Waals surface area contributed by atoms with Crippen LogP contribution in [0.2, 0.25) is 0 Å². The zero-order chi connectivity index (χ0) is 12.0. The summed E-state index contributed by atoms with van der Waals surface area (Å²) in [4.78, 5) is 0. The minimum absolute atomic E-state index is 0.0406. The minimum Gasteiger partial charge on any atom is -0.299 e. The van der Waals surface area contributed by atoms with Crippen molar-refractivity contribution in [3.8, 4) is 12.3 Å². The second-order valence-corrected chi connectivity index (χ2v) is 3.59. The van der Waals surface area contributed by atoms with E-state index in [1.165, 1.54) is 18.2 Å². The molecule has 0 bridgehead atoms. The molecule has 0 aliphatic rings. The molecule has 16 heavy (non-hydrogen) atoms. The van der Waals surface area contributed by atoms with Crippen molar-refractivity contribution in [3.05, 3.63) is 35.4 Å². The van der Waals surface area contributed by atoms with Crippen molar-refractivity contribution in [3.63, 3.8) is 0 Å². The van der Waals surface area contributed by atoms with Crippen LogP contribution in [0.1, 0.15) is 25.3 Å². The van der Waals surface area contributed by atoms with E-state index < -0.39 is 11.6 Å². The van der Waals surface area contributed by atoms with Crippen LogP contribution in [0.3, 0.4) is 0 Å². The third kappa shape index (κ3) is 3.32. The first-order chi connectivity index (χ1) is 7.69. The van der Waals surface area contributed by atoms with Crippen LogP contribution in [0, 0.1) is 24.0 Å². The highest BCUT2D eigenvalue weighted by Gasteiger charge is 2.10. The van der Waals surface area contributed by atoms with Crippen LogP contribution in [0.4, 0.5) is 8.78 Å². The number of terminal acetylenes is 1. The number of hydrogen-bond donors (Lipinski definition) is 1. The molecule has 1 N–H and O–H groups in total. The standard InChI is InChI=1S/C13H15F2N/c1-3-6-10(4-2)16-9-11-12(14)7-5-8-13(11)15/h2,5,7-8,10,16H,3,6,9H2,1H3. The lowest BCUT2D eigenvalue weighted by Gasteiger charge is -2.12. The molecular weight excluding hydrogens is 208 g/mol. The molecule has 0 aromatic heterocycles. The molecule has 1 unspecified atom stereocenters. The van der Waals surface area contributed by atoms with Gasteiger partial charge in [0.05, 0.1) is 6.04 Å². The molecule has 1 aromatic carbocycles. The van der Waals surface area contributed by atoms with Gasteiger partial charge < -0.3 is 0 Å².